The molecule has 2 bridgehead atoms. The van der Waals surface area contributed by atoms with Gasteiger partial charge < -0.3 is 24.6 Å². The van der Waals surface area contributed by atoms with Crippen LogP contribution in [0.1, 0.15) is 24.7 Å². The van der Waals surface area contributed by atoms with Gasteiger partial charge in [-0.25, -0.2) is 9.59 Å². The van der Waals surface area contributed by atoms with Gasteiger partial charge in [0.2, 0.25) is 11.7 Å². The maximum absolute atomic E-state index is 9.10. The lowest BCUT2D eigenvalue weighted by atomic mass is 9.79. The van der Waals surface area contributed by atoms with Crippen LogP contribution in [0.4, 0.5) is 0 Å². The number of hydrogen-bond donors (Lipinski definition) is 3. The van der Waals surface area contributed by atoms with Crippen LogP contribution in [0.25, 0.3) is 22.4 Å². The fourth-order valence-electron chi connectivity index (χ4n) is 3.93. The Morgan fingerprint density at radius 2 is 1.86 bits per heavy atom. The second kappa shape index (κ2) is 7.43. The van der Waals surface area contributed by atoms with Gasteiger partial charge in [0.05, 0.1) is 11.6 Å². The fourth-order valence-corrected chi connectivity index (χ4v) is 3.93. The van der Waals surface area contributed by atoms with E-state index in [-0.39, 0.29) is 0 Å². The predicted molar refractivity (Wildman–Crippen MR) is 98.8 cm³/mol. The average Bonchev–Trinajstić information content (AvgIpc) is 3.36. The first-order chi connectivity index (χ1) is 13.5. The number of nitrogens with zero attached hydrogens (tertiary/aromatic N) is 3. The largest absolute Gasteiger partial charge is 0.473 e. The van der Waals surface area contributed by atoms with Gasteiger partial charge in [-0.15, -0.1) is 0 Å². The summed E-state index contributed by atoms with van der Waals surface area (Å²) in [6.45, 7) is 3.52. The highest BCUT2D eigenvalue weighted by Gasteiger charge is 2.38. The van der Waals surface area contributed by atoms with Crippen LogP contribution in [0.2, 0.25) is 0 Å². The van der Waals surface area contributed by atoms with Crippen LogP contribution in [-0.2, 0) is 9.59 Å². The van der Waals surface area contributed by atoms with E-state index in [1.165, 1.54) is 31.3 Å². The normalized spacial score (nSPS) is 23.2. The molecule has 3 aromatic rings. The van der Waals surface area contributed by atoms with E-state index in [1.807, 2.05) is 12.1 Å². The van der Waals surface area contributed by atoms with Crippen molar-refractivity contribution < 1.29 is 24.3 Å². The summed E-state index contributed by atoms with van der Waals surface area (Å²) in [5, 5.41) is 20.2. The van der Waals surface area contributed by atoms with Gasteiger partial charge in [0.15, 0.2) is 0 Å². The Bertz CT molecular complexity index is 958. The van der Waals surface area contributed by atoms with Crippen molar-refractivity contribution in [2.24, 2.45) is 5.92 Å². The molecule has 9 nitrogen and oxygen atoms in total. The zero-order valence-corrected chi connectivity index (χ0v) is 15.0. The third-order valence-electron chi connectivity index (χ3n) is 5.37. The van der Waals surface area contributed by atoms with E-state index in [2.05, 4.69) is 38.2 Å². The number of H-pyrrole nitrogens is 1. The fraction of sp³-hybridized carbons (Fsp3) is 0.368. The highest BCUT2D eigenvalue weighted by Crippen LogP contribution is 2.38. The van der Waals surface area contributed by atoms with Crippen molar-refractivity contribution in [2.45, 2.75) is 18.8 Å². The molecule has 3 fully saturated rings. The molecule has 0 saturated carbocycles. The molecule has 0 amide bonds. The summed E-state index contributed by atoms with van der Waals surface area (Å²) in [4.78, 5) is 28.8. The lowest BCUT2D eigenvalue weighted by Gasteiger charge is -2.43. The Morgan fingerprint density at radius 3 is 2.46 bits per heavy atom. The van der Waals surface area contributed by atoms with Crippen molar-refractivity contribution in [1.29, 1.82) is 0 Å². The molecule has 3 aliphatic rings. The average molecular weight is 384 g/mol. The number of carboxylic acid groups (broad SMARTS) is 2. The molecule has 9 heteroatoms. The summed E-state index contributed by atoms with van der Waals surface area (Å²) in [7, 11) is 0. The number of piperidine rings is 3. The Hall–Kier alpha value is -3.20. The van der Waals surface area contributed by atoms with Gasteiger partial charge in [-0.1, -0.05) is 23.4 Å². The molecule has 6 rings (SSSR count). The van der Waals surface area contributed by atoms with Gasteiger partial charge in [-0.05, 0) is 44.0 Å². The van der Waals surface area contributed by atoms with Crippen LogP contribution >= 0.6 is 0 Å². The minimum atomic E-state index is -1.82. The summed E-state index contributed by atoms with van der Waals surface area (Å²) in [5.74, 6) is -1.05. The van der Waals surface area contributed by atoms with Crippen molar-refractivity contribution in [3.05, 3.63) is 36.2 Å². The highest BCUT2D eigenvalue weighted by molar-refractivity contribution is 6.27. The molecule has 3 N–H and O–H groups in total. The molecule has 5 heterocycles. The maximum atomic E-state index is 9.10. The second-order valence-corrected chi connectivity index (χ2v) is 7.08. The number of para-hydroxylation sites is 1. The number of rotatable bonds is 2. The molecular weight excluding hydrogens is 364 g/mol. The molecule has 3 saturated heterocycles. The third-order valence-corrected chi connectivity index (χ3v) is 5.37. The zero-order valence-electron chi connectivity index (χ0n) is 15.0. The summed E-state index contributed by atoms with van der Waals surface area (Å²) < 4.78 is 5.60. The molecule has 3 aliphatic heterocycles. The van der Waals surface area contributed by atoms with Gasteiger partial charge in [-0.3, -0.25) is 0 Å². The molecule has 0 radical (unpaired) electrons. The number of carbonyl (C=O) groups is 2. The first-order valence-corrected chi connectivity index (χ1v) is 9.11. The summed E-state index contributed by atoms with van der Waals surface area (Å²) in [6, 6.07) is 10.3. The Morgan fingerprint density at radius 1 is 1.14 bits per heavy atom. The van der Waals surface area contributed by atoms with Crippen molar-refractivity contribution in [3.8, 4) is 11.5 Å². The van der Waals surface area contributed by atoms with Gasteiger partial charge in [0.1, 0.15) is 0 Å². The van der Waals surface area contributed by atoms with E-state index >= 15 is 0 Å². The number of carboxylic acids is 2. The van der Waals surface area contributed by atoms with Gasteiger partial charge in [0, 0.05) is 17.4 Å². The maximum Gasteiger partial charge on any atom is 0.414 e. The van der Waals surface area contributed by atoms with Gasteiger partial charge >= 0.3 is 11.9 Å². The van der Waals surface area contributed by atoms with E-state index in [0.717, 1.165) is 23.6 Å². The Balaban J connectivity index is 0.000000283. The summed E-state index contributed by atoms with van der Waals surface area (Å²) in [5.41, 5.74) is 2.03. The molecule has 1 aromatic carbocycles. The topological polar surface area (TPSA) is 133 Å². The van der Waals surface area contributed by atoms with E-state index in [9.17, 15) is 0 Å². The molecule has 2 aromatic heterocycles. The number of aliphatic carboxylic acids is 2. The smallest absolute Gasteiger partial charge is 0.414 e. The molecule has 1 unspecified atom stereocenters. The summed E-state index contributed by atoms with van der Waals surface area (Å²) in [6.07, 6.45) is 2.52. The molecular formula is C19H20N4O5. The molecule has 0 aliphatic carbocycles. The van der Waals surface area contributed by atoms with E-state index < -0.39 is 11.9 Å². The first-order valence-electron chi connectivity index (χ1n) is 9.11. The number of hydrogen-bond acceptors (Lipinski definition) is 6. The quantitative estimate of drug-likeness (QED) is 0.573. The van der Waals surface area contributed by atoms with Crippen LogP contribution < -0.4 is 0 Å². The first kappa shape index (κ1) is 18.2. The Labute approximate surface area is 160 Å². The zero-order chi connectivity index (χ0) is 19.7. The number of nitrogens with one attached hydrogen (secondary N) is 1. The predicted octanol–water partition coefficient (Wildman–Crippen LogP) is 2.18. The van der Waals surface area contributed by atoms with Crippen LogP contribution in [0.5, 0.6) is 0 Å². The number of fused-ring (bicyclic) bond motifs is 4. The van der Waals surface area contributed by atoms with Crippen molar-refractivity contribution >= 4 is 22.8 Å². The van der Waals surface area contributed by atoms with E-state index in [4.69, 9.17) is 24.3 Å². The standard InChI is InChI=1S/C17H18N4O.C2H2O4/c1-2-4-14-12(3-1)9-15(18-14)16-19-17(22-20-16)13-10-21-7-5-11(13)6-8-21;3-1(4)2(5)6/h1-4,9,11,13,18H,5-8,10H2;(H,3,4)(H,5,6). The summed E-state index contributed by atoms with van der Waals surface area (Å²) >= 11 is 0. The third kappa shape index (κ3) is 3.61. The van der Waals surface area contributed by atoms with E-state index in [0.29, 0.717) is 17.7 Å². The second-order valence-electron chi connectivity index (χ2n) is 7.08. The molecule has 28 heavy (non-hydrogen) atoms. The lowest BCUT2D eigenvalue weighted by molar-refractivity contribution is -0.159. The minimum Gasteiger partial charge on any atom is -0.473 e. The highest BCUT2D eigenvalue weighted by atomic mass is 16.5. The van der Waals surface area contributed by atoms with Crippen LogP contribution in [0, 0.1) is 5.92 Å². The SMILES string of the molecule is O=C(O)C(=O)O.c1ccc2[nH]c(-c3noc(C4CN5CCC4CC5)n3)cc2c1. The van der Waals surface area contributed by atoms with Crippen molar-refractivity contribution in [1.82, 2.24) is 20.0 Å². The molecule has 146 valence electrons. The number of benzene rings is 1. The van der Waals surface area contributed by atoms with Gasteiger partial charge in [-0.2, -0.15) is 4.98 Å². The van der Waals surface area contributed by atoms with E-state index in [1.54, 1.807) is 0 Å². The van der Waals surface area contributed by atoms with Crippen LogP contribution in [0.15, 0.2) is 34.9 Å². The lowest BCUT2D eigenvalue weighted by Crippen LogP contribution is -2.46. The van der Waals surface area contributed by atoms with Crippen LogP contribution in [0.3, 0.4) is 0 Å². The molecule has 1 atom stereocenters. The monoisotopic (exact) mass is 384 g/mol. The Kier molecular flexibility index (Phi) is 4.82. The van der Waals surface area contributed by atoms with Crippen molar-refractivity contribution in [2.75, 3.05) is 19.6 Å². The van der Waals surface area contributed by atoms with Crippen LogP contribution in [-0.4, -0.2) is 61.8 Å². The number of aromatic nitrogens is 3. The number of aromatic amines is 1. The molecule has 0 spiro atoms. The minimum absolute atomic E-state index is 0.410. The van der Waals surface area contributed by atoms with Crippen molar-refractivity contribution in [3.63, 3.8) is 0 Å². The van der Waals surface area contributed by atoms with Gasteiger partial charge in [0.25, 0.3) is 0 Å².